The largest absolute Gasteiger partial charge is 0.293 e. The smallest absolute Gasteiger partial charge is 0.263 e. The molecule has 19 heavy (non-hydrogen) atoms. The molecule has 8 heteroatoms. The van der Waals surface area contributed by atoms with Crippen molar-refractivity contribution >= 4 is 43.9 Å². The molecule has 100 valence electrons. The topological polar surface area (TPSA) is 76.1 Å². The van der Waals surface area contributed by atoms with Crippen LogP contribution in [0.5, 0.6) is 0 Å². The van der Waals surface area contributed by atoms with Gasteiger partial charge in [-0.25, -0.2) is 13.4 Å². The molecule has 1 heterocycles. The molecule has 2 rings (SSSR count). The van der Waals surface area contributed by atoms with Crippen molar-refractivity contribution in [1.29, 1.82) is 0 Å². The van der Waals surface area contributed by atoms with Crippen LogP contribution in [0.4, 0.5) is 5.13 Å². The molecule has 0 aliphatic heterocycles. The number of hydrogen-bond donors (Lipinski definition) is 1. The van der Waals surface area contributed by atoms with Crippen molar-refractivity contribution in [1.82, 2.24) is 4.98 Å². The number of nitrogens with one attached hydrogen (secondary N) is 1. The standard InChI is InChI=1S/C11H9ClN2O3S2/c1-7(15)10-6-18-11(13-10)14-19(16,17)9-4-2-3-8(12)5-9/h2-6H,1H3,(H,13,14). The summed E-state index contributed by atoms with van der Waals surface area (Å²) in [4.78, 5) is 15.0. The van der Waals surface area contributed by atoms with Gasteiger partial charge in [-0.05, 0) is 18.2 Å². The highest BCUT2D eigenvalue weighted by Crippen LogP contribution is 2.22. The number of rotatable bonds is 4. The summed E-state index contributed by atoms with van der Waals surface area (Å²) >= 11 is 6.80. The van der Waals surface area contributed by atoms with E-state index in [0.717, 1.165) is 11.3 Å². The van der Waals surface area contributed by atoms with Crippen LogP contribution in [0.15, 0.2) is 34.5 Å². The molecule has 0 unspecified atom stereocenters. The third-order valence-corrected chi connectivity index (χ3v) is 4.65. The number of carbonyl (C=O) groups is 1. The highest BCUT2D eigenvalue weighted by molar-refractivity contribution is 7.93. The molecule has 0 bridgehead atoms. The van der Waals surface area contributed by atoms with E-state index in [1.54, 1.807) is 12.1 Å². The van der Waals surface area contributed by atoms with Crippen LogP contribution in [0.3, 0.4) is 0 Å². The van der Waals surface area contributed by atoms with Crippen molar-refractivity contribution in [3.8, 4) is 0 Å². The van der Waals surface area contributed by atoms with Gasteiger partial charge >= 0.3 is 0 Å². The minimum Gasteiger partial charge on any atom is -0.293 e. The Hall–Kier alpha value is -1.44. The number of halogens is 1. The summed E-state index contributed by atoms with van der Waals surface area (Å²) in [5.41, 5.74) is 0.230. The van der Waals surface area contributed by atoms with E-state index in [1.165, 1.54) is 24.4 Å². The molecule has 0 radical (unpaired) electrons. The summed E-state index contributed by atoms with van der Waals surface area (Å²) in [6, 6.07) is 5.88. The van der Waals surface area contributed by atoms with Crippen molar-refractivity contribution < 1.29 is 13.2 Å². The number of aromatic nitrogens is 1. The minimum absolute atomic E-state index is 0.0413. The molecule has 5 nitrogen and oxygen atoms in total. The Morgan fingerprint density at radius 2 is 2.16 bits per heavy atom. The van der Waals surface area contributed by atoms with Gasteiger partial charge in [0.05, 0.1) is 4.90 Å². The monoisotopic (exact) mass is 316 g/mol. The molecule has 0 saturated carbocycles. The number of thiazole rings is 1. The number of benzene rings is 1. The van der Waals surface area contributed by atoms with Crippen LogP contribution in [0, 0.1) is 0 Å². The van der Waals surface area contributed by atoms with E-state index in [-0.39, 0.29) is 21.5 Å². The molecule has 0 saturated heterocycles. The second-order valence-corrected chi connectivity index (χ2v) is 6.63. The van der Waals surface area contributed by atoms with Crippen molar-refractivity contribution in [2.45, 2.75) is 11.8 Å². The predicted molar refractivity (Wildman–Crippen MR) is 74.4 cm³/mol. The van der Waals surface area contributed by atoms with E-state index >= 15 is 0 Å². The zero-order valence-electron chi connectivity index (χ0n) is 9.75. The molecule has 0 spiro atoms. The highest BCUT2D eigenvalue weighted by Gasteiger charge is 2.17. The summed E-state index contributed by atoms with van der Waals surface area (Å²) < 4.78 is 26.4. The van der Waals surface area contributed by atoms with Crippen LogP contribution >= 0.6 is 22.9 Å². The Morgan fingerprint density at radius 1 is 1.42 bits per heavy atom. The fraction of sp³-hybridized carbons (Fsp3) is 0.0909. The van der Waals surface area contributed by atoms with Crippen LogP contribution in [0.1, 0.15) is 17.4 Å². The maximum atomic E-state index is 12.0. The van der Waals surface area contributed by atoms with E-state index in [1.807, 2.05) is 0 Å². The Morgan fingerprint density at radius 3 is 2.74 bits per heavy atom. The minimum atomic E-state index is -3.75. The third kappa shape index (κ3) is 3.31. The molecule has 0 aliphatic rings. The van der Waals surface area contributed by atoms with E-state index in [2.05, 4.69) is 9.71 Å². The number of nitrogens with zero attached hydrogens (tertiary/aromatic N) is 1. The number of carbonyl (C=O) groups excluding carboxylic acids is 1. The van der Waals surface area contributed by atoms with Crippen molar-refractivity contribution in [3.05, 3.63) is 40.4 Å². The summed E-state index contributed by atoms with van der Waals surface area (Å²) in [5, 5.41) is 1.97. The molecule has 1 N–H and O–H groups in total. The molecule has 0 atom stereocenters. The zero-order valence-corrected chi connectivity index (χ0v) is 12.1. The van der Waals surface area contributed by atoms with Gasteiger partial charge in [0.25, 0.3) is 10.0 Å². The van der Waals surface area contributed by atoms with Crippen LogP contribution in [0.2, 0.25) is 5.02 Å². The second kappa shape index (κ2) is 5.28. The molecular weight excluding hydrogens is 308 g/mol. The van der Waals surface area contributed by atoms with Gasteiger partial charge < -0.3 is 0 Å². The molecule has 0 fully saturated rings. The van der Waals surface area contributed by atoms with Gasteiger partial charge in [0, 0.05) is 17.3 Å². The fourth-order valence-corrected chi connectivity index (χ4v) is 3.59. The van der Waals surface area contributed by atoms with Crippen molar-refractivity contribution in [2.75, 3.05) is 4.72 Å². The first-order chi connectivity index (χ1) is 8.88. The molecular formula is C11H9ClN2O3S2. The average molecular weight is 317 g/mol. The predicted octanol–water partition coefficient (Wildman–Crippen LogP) is 2.80. The first kappa shape index (κ1) is 14.0. The second-order valence-electron chi connectivity index (χ2n) is 3.66. The van der Waals surface area contributed by atoms with Gasteiger partial charge in [-0.2, -0.15) is 0 Å². The summed E-state index contributed by atoms with van der Waals surface area (Å²) in [6.45, 7) is 1.37. The van der Waals surface area contributed by atoms with Gasteiger partial charge in [0.1, 0.15) is 5.69 Å². The SMILES string of the molecule is CC(=O)c1csc(NS(=O)(=O)c2cccc(Cl)c2)n1. The first-order valence-electron chi connectivity index (χ1n) is 5.13. The molecule has 0 amide bonds. The van der Waals surface area contributed by atoms with E-state index in [0.29, 0.717) is 5.02 Å². The first-order valence-corrected chi connectivity index (χ1v) is 7.87. The fourth-order valence-electron chi connectivity index (χ4n) is 1.29. The van der Waals surface area contributed by atoms with Crippen molar-refractivity contribution in [2.24, 2.45) is 0 Å². The lowest BCUT2D eigenvalue weighted by molar-refractivity contribution is 0.101. The third-order valence-electron chi connectivity index (χ3n) is 2.19. The Labute approximate surface area is 119 Å². The lowest BCUT2D eigenvalue weighted by Gasteiger charge is -2.04. The number of anilines is 1. The summed E-state index contributed by atoms with van der Waals surface area (Å²) in [5.74, 6) is -0.218. The van der Waals surface area contributed by atoms with Gasteiger partial charge in [0.2, 0.25) is 0 Å². The number of ketones is 1. The van der Waals surface area contributed by atoms with Gasteiger partial charge in [-0.1, -0.05) is 17.7 Å². The van der Waals surface area contributed by atoms with Crippen molar-refractivity contribution in [3.63, 3.8) is 0 Å². The molecule has 1 aromatic carbocycles. The normalized spacial score (nSPS) is 11.3. The Balaban J connectivity index is 2.28. The maximum absolute atomic E-state index is 12.0. The molecule has 0 aliphatic carbocycles. The Kier molecular flexibility index (Phi) is 3.88. The average Bonchev–Trinajstić information content (AvgIpc) is 2.77. The molecule has 1 aromatic heterocycles. The van der Waals surface area contributed by atoms with Crippen LogP contribution in [-0.4, -0.2) is 19.2 Å². The molecule has 2 aromatic rings. The van der Waals surface area contributed by atoms with Crippen LogP contribution in [0.25, 0.3) is 0 Å². The quantitative estimate of drug-likeness (QED) is 0.880. The summed E-state index contributed by atoms with van der Waals surface area (Å²) in [6.07, 6.45) is 0. The summed E-state index contributed by atoms with van der Waals surface area (Å²) in [7, 11) is -3.75. The van der Waals surface area contributed by atoms with E-state index in [9.17, 15) is 13.2 Å². The van der Waals surface area contributed by atoms with Gasteiger partial charge in [-0.3, -0.25) is 9.52 Å². The lowest BCUT2D eigenvalue weighted by Crippen LogP contribution is -2.12. The van der Waals surface area contributed by atoms with Gasteiger partial charge in [0.15, 0.2) is 10.9 Å². The number of hydrogen-bond acceptors (Lipinski definition) is 5. The van der Waals surface area contributed by atoms with Crippen LogP contribution < -0.4 is 4.72 Å². The zero-order chi connectivity index (χ0) is 14.0. The van der Waals surface area contributed by atoms with Crippen LogP contribution in [-0.2, 0) is 10.0 Å². The number of sulfonamides is 1. The Bertz CT molecular complexity index is 725. The van der Waals surface area contributed by atoms with Gasteiger partial charge in [-0.15, -0.1) is 11.3 Å². The number of Topliss-reactive ketones (excluding diaryl/α,β-unsaturated/α-hetero) is 1. The highest BCUT2D eigenvalue weighted by atomic mass is 35.5. The van der Waals surface area contributed by atoms with E-state index in [4.69, 9.17) is 11.6 Å². The maximum Gasteiger partial charge on any atom is 0.263 e. The van der Waals surface area contributed by atoms with E-state index < -0.39 is 10.0 Å². The lowest BCUT2D eigenvalue weighted by atomic mass is 10.4.